The largest absolute Gasteiger partial charge is 0.436 e. The van der Waals surface area contributed by atoms with Crippen LogP contribution in [0.1, 0.15) is 35.8 Å². The normalized spacial score (nSPS) is 14.5. The van der Waals surface area contributed by atoms with Gasteiger partial charge in [0.1, 0.15) is 0 Å². The number of fused-ring (bicyclic) bond motifs is 1. The van der Waals surface area contributed by atoms with Crippen LogP contribution in [0.25, 0.3) is 16.5 Å². The Hall–Kier alpha value is -4.63. The molecule has 5 rings (SSSR count). The summed E-state index contributed by atoms with van der Waals surface area (Å²) in [6.07, 6.45) is 7.81. The number of hydrogen-bond donors (Lipinski definition) is 2. The van der Waals surface area contributed by atoms with E-state index in [9.17, 15) is 9.18 Å². The molecule has 0 spiro atoms. The molecule has 2 N–H and O–H groups in total. The number of aromatic amines is 1. The summed E-state index contributed by atoms with van der Waals surface area (Å²) in [6, 6.07) is 15.1. The fraction of sp³-hybridized carbons (Fsp3) is 0.200. The van der Waals surface area contributed by atoms with E-state index in [-0.39, 0.29) is 23.2 Å². The molecule has 39 heavy (non-hydrogen) atoms. The first-order valence-electron chi connectivity index (χ1n) is 12.7. The van der Waals surface area contributed by atoms with Crippen LogP contribution >= 0.6 is 0 Å². The number of amides is 1. The number of H-pyrrole nitrogens is 1. The number of carbonyl (C=O) groups is 1. The smallest absolute Gasteiger partial charge is 0.276 e. The lowest BCUT2D eigenvalue weighted by atomic mass is 10.0. The van der Waals surface area contributed by atoms with Crippen molar-refractivity contribution in [1.82, 2.24) is 20.1 Å². The Labute approximate surface area is 225 Å². The summed E-state index contributed by atoms with van der Waals surface area (Å²) < 4.78 is 19.3. The zero-order valence-electron chi connectivity index (χ0n) is 21.7. The molecule has 0 bridgehead atoms. The molecule has 3 heterocycles. The van der Waals surface area contributed by atoms with Gasteiger partial charge < -0.3 is 10.1 Å². The van der Waals surface area contributed by atoms with Crippen molar-refractivity contribution in [2.75, 3.05) is 25.0 Å². The van der Waals surface area contributed by atoms with Crippen LogP contribution in [0.2, 0.25) is 0 Å². The van der Waals surface area contributed by atoms with Gasteiger partial charge in [-0.2, -0.15) is 5.10 Å². The number of ether oxygens (including phenoxy) is 1. The third-order valence-electron chi connectivity index (χ3n) is 6.54. The van der Waals surface area contributed by atoms with E-state index in [4.69, 9.17) is 4.74 Å². The van der Waals surface area contributed by atoms with E-state index >= 15 is 0 Å². The summed E-state index contributed by atoms with van der Waals surface area (Å²) in [4.78, 5) is 23.7. The molecule has 2 aromatic heterocycles. The van der Waals surface area contributed by atoms with Crippen LogP contribution in [0.3, 0.4) is 0 Å². The molecular weight excluding hydrogens is 495 g/mol. The van der Waals surface area contributed by atoms with Crippen LogP contribution < -0.4 is 10.1 Å². The number of para-hydroxylation sites is 1. The minimum atomic E-state index is -0.484. The van der Waals surface area contributed by atoms with Gasteiger partial charge in [-0.1, -0.05) is 24.3 Å². The van der Waals surface area contributed by atoms with Crippen molar-refractivity contribution in [1.29, 1.82) is 0 Å². The van der Waals surface area contributed by atoms with Crippen LogP contribution in [-0.4, -0.2) is 52.3 Å². The molecule has 1 saturated heterocycles. The number of halogens is 1. The Balaban J connectivity index is 1.31. The summed E-state index contributed by atoms with van der Waals surface area (Å²) in [5, 5.41) is 10.7. The molecule has 9 heteroatoms. The Morgan fingerprint density at radius 2 is 2.03 bits per heavy atom. The van der Waals surface area contributed by atoms with Gasteiger partial charge in [-0.05, 0) is 86.6 Å². The molecule has 1 fully saturated rings. The average Bonchev–Trinajstić information content (AvgIpc) is 3.61. The van der Waals surface area contributed by atoms with Crippen molar-refractivity contribution < 1.29 is 13.9 Å². The fourth-order valence-electron chi connectivity index (χ4n) is 4.58. The van der Waals surface area contributed by atoms with Crippen LogP contribution in [0.5, 0.6) is 11.6 Å². The van der Waals surface area contributed by atoms with Crippen molar-refractivity contribution in [2.24, 2.45) is 4.99 Å². The number of aromatic nitrogens is 3. The number of nitrogens with one attached hydrogen (secondary N) is 2. The van der Waals surface area contributed by atoms with Gasteiger partial charge in [0.2, 0.25) is 5.88 Å². The second-order valence-electron chi connectivity index (χ2n) is 9.40. The number of aliphatic imine (C=N–C) groups is 1. The van der Waals surface area contributed by atoms with E-state index in [0.717, 1.165) is 41.9 Å². The summed E-state index contributed by atoms with van der Waals surface area (Å²) in [7, 11) is 0. The van der Waals surface area contributed by atoms with E-state index in [1.807, 2.05) is 25.1 Å². The third kappa shape index (κ3) is 6.27. The first-order chi connectivity index (χ1) is 19.0. The summed E-state index contributed by atoms with van der Waals surface area (Å²) in [5.74, 6) is -0.581. The predicted octanol–water partition coefficient (Wildman–Crippen LogP) is 6.23. The molecule has 0 radical (unpaired) electrons. The third-order valence-corrected chi connectivity index (χ3v) is 6.54. The standard InChI is InChI=1S/C30H29FN6O2/c1-20(15-21(17-32-2)19-37-13-5-6-14-37)22-9-11-26-24(16-22)29(36-35-26)30(38)34-23-10-12-28(33-18-23)39-27-8-4-3-7-25(27)31/h3-4,7-12,15-18H,2,5-6,13-14,19H2,1H3,(H,34,38)(H,35,36)/b20-15+,21-17+. The van der Waals surface area contributed by atoms with Gasteiger partial charge in [-0.25, -0.2) is 9.37 Å². The van der Waals surface area contributed by atoms with Crippen molar-refractivity contribution >= 4 is 34.8 Å². The quantitative estimate of drug-likeness (QED) is 0.200. The molecular formula is C30H29FN6O2. The number of carbonyl (C=O) groups excluding carboxylic acids is 1. The minimum absolute atomic E-state index is 0.0735. The SMILES string of the molecule is C=N/C=C(\C=C(/C)c1ccc2[nH]nc(C(=O)Nc3ccc(Oc4ccccc4F)nc3)c2c1)CN1CCCC1. The number of rotatable bonds is 9. The van der Waals surface area contributed by atoms with E-state index < -0.39 is 5.82 Å². The van der Waals surface area contributed by atoms with Crippen molar-refractivity contribution in [2.45, 2.75) is 19.8 Å². The Bertz CT molecular complexity index is 1550. The first kappa shape index (κ1) is 26.0. The maximum absolute atomic E-state index is 13.8. The highest BCUT2D eigenvalue weighted by Gasteiger charge is 2.17. The zero-order chi connectivity index (χ0) is 27.2. The molecule has 0 aliphatic carbocycles. The molecule has 1 aliphatic heterocycles. The number of hydrogen-bond acceptors (Lipinski definition) is 6. The number of nitrogens with zero attached hydrogens (tertiary/aromatic N) is 4. The number of likely N-dealkylation sites (tertiary alicyclic amines) is 1. The van der Waals surface area contributed by atoms with Gasteiger partial charge in [0.05, 0.1) is 17.4 Å². The molecule has 0 unspecified atom stereocenters. The molecule has 2 aromatic carbocycles. The molecule has 8 nitrogen and oxygen atoms in total. The summed E-state index contributed by atoms with van der Waals surface area (Å²) >= 11 is 0. The van der Waals surface area contributed by atoms with Gasteiger partial charge in [0, 0.05) is 24.2 Å². The topological polar surface area (TPSA) is 95.5 Å². The maximum atomic E-state index is 13.8. The van der Waals surface area contributed by atoms with E-state index in [1.54, 1.807) is 30.5 Å². The van der Waals surface area contributed by atoms with Crippen LogP contribution in [-0.2, 0) is 0 Å². The number of pyridine rings is 1. The Morgan fingerprint density at radius 3 is 2.77 bits per heavy atom. The monoisotopic (exact) mass is 524 g/mol. The predicted molar refractivity (Wildman–Crippen MR) is 152 cm³/mol. The Kier molecular flexibility index (Phi) is 7.88. The fourth-order valence-corrected chi connectivity index (χ4v) is 4.58. The van der Waals surface area contributed by atoms with Crippen LogP contribution in [0, 0.1) is 5.82 Å². The molecule has 1 aliphatic rings. The first-order valence-corrected chi connectivity index (χ1v) is 12.7. The number of anilines is 1. The summed E-state index contributed by atoms with van der Waals surface area (Å²) in [6.45, 7) is 8.68. The van der Waals surface area contributed by atoms with Crippen LogP contribution in [0.4, 0.5) is 10.1 Å². The maximum Gasteiger partial charge on any atom is 0.276 e. The van der Waals surface area contributed by atoms with Crippen LogP contribution in [0.15, 0.2) is 83.6 Å². The number of benzene rings is 2. The van der Waals surface area contributed by atoms with E-state index in [1.165, 1.54) is 31.2 Å². The van der Waals surface area contributed by atoms with Crippen molar-refractivity contribution in [3.63, 3.8) is 0 Å². The summed E-state index contributed by atoms with van der Waals surface area (Å²) in [5.41, 5.74) is 4.59. The van der Waals surface area contributed by atoms with Gasteiger partial charge >= 0.3 is 0 Å². The second kappa shape index (κ2) is 11.8. The molecule has 0 saturated carbocycles. The van der Waals surface area contributed by atoms with E-state index in [2.05, 4.69) is 43.2 Å². The van der Waals surface area contributed by atoms with Crippen molar-refractivity contribution in [3.8, 4) is 11.6 Å². The Morgan fingerprint density at radius 1 is 1.21 bits per heavy atom. The highest BCUT2D eigenvalue weighted by Crippen LogP contribution is 2.26. The zero-order valence-corrected chi connectivity index (χ0v) is 21.7. The average molecular weight is 525 g/mol. The second-order valence-corrected chi connectivity index (χ2v) is 9.40. The lowest BCUT2D eigenvalue weighted by molar-refractivity contribution is 0.102. The molecule has 4 aromatic rings. The minimum Gasteiger partial charge on any atom is -0.436 e. The highest BCUT2D eigenvalue weighted by molar-refractivity contribution is 6.11. The molecule has 1 amide bonds. The van der Waals surface area contributed by atoms with Gasteiger partial charge in [0.15, 0.2) is 17.3 Å². The van der Waals surface area contributed by atoms with E-state index in [0.29, 0.717) is 11.1 Å². The lowest BCUT2D eigenvalue weighted by Gasteiger charge is -2.15. The highest BCUT2D eigenvalue weighted by atomic mass is 19.1. The van der Waals surface area contributed by atoms with Crippen molar-refractivity contribution in [3.05, 3.63) is 95.7 Å². The molecule has 198 valence electrons. The van der Waals surface area contributed by atoms with Gasteiger partial charge in [-0.15, -0.1) is 0 Å². The molecule has 0 atom stereocenters. The van der Waals surface area contributed by atoms with Gasteiger partial charge in [0.25, 0.3) is 5.91 Å². The lowest BCUT2D eigenvalue weighted by Crippen LogP contribution is -2.21. The van der Waals surface area contributed by atoms with Gasteiger partial charge in [-0.3, -0.25) is 19.8 Å². The number of allylic oxidation sites excluding steroid dienone is 1.